The van der Waals surface area contributed by atoms with Gasteiger partial charge in [0.25, 0.3) is 0 Å². The molecule has 0 amide bonds. The van der Waals surface area contributed by atoms with Crippen molar-refractivity contribution in [3.05, 3.63) is 41.9 Å². The Morgan fingerprint density at radius 3 is 2.94 bits per heavy atom. The van der Waals surface area contributed by atoms with Gasteiger partial charge in [-0.1, -0.05) is 0 Å². The largest absolute Gasteiger partial charge is 0.448 e. The van der Waals surface area contributed by atoms with Gasteiger partial charge in [-0.25, -0.2) is 4.39 Å². The monoisotopic (exact) mass is 244 g/mol. The van der Waals surface area contributed by atoms with Gasteiger partial charge in [0.05, 0.1) is 16.8 Å². The van der Waals surface area contributed by atoms with E-state index in [1.807, 2.05) is 0 Å². The molecule has 5 heteroatoms. The Bertz CT molecular complexity index is 743. The number of H-pyrrole nitrogens is 1. The lowest BCUT2D eigenvalue weighted by Gasteiger charge is -1.95. The number of halogens is 1. The fraction of sp³-hybridized carbons (Fsp3) is 0. The fourth-order valence-electron chi connectivity index (χ4n) is 2.00. The molecule has 0 saturated carbocycles. The average molecular weight is 244 g/mol. The van der Waals surface area contributed by atoms with E-state index in [4.69, 9.17) is 10.2 Å². The van der Waals surface area contributed by atoms with Crippen LogP contribution in [0.5, 0.6) is 0 Å². The third kappa shape index (κ3) is 1.48. The Kier molecular flexibility index (Phi) is 2.19. The van der Waals surface area contributed by atoms with E-state index in [2.05, 4.69) is 4.98 Å². The average Bonchev–Trinajstić information content (AvgIpc) is 2.91. The van der Waals surface area contributed by atoms with Crippen LogP contribution >= 0.6 is 0 Å². The lowest BCUT2D eigenvalue weighted by molar-refractivity contribution is 0.112. The fourth-order valence-corrected chi connectivity index (χ4v) is 2.00. The number of hydrogen-bond acceptors (Lipinski definition) is 3. The highest BCUT2D eigenvalue weighted by molar-refractivity contribution is 5.95. The Morgan fingerprint density at radius 1 is 1.33 bits per heavy atom. The third-order valence-corrected chi connectivity index (χ3v) is 2.83. The second-order valence-electron chi connectivity index (χ2n) is 3.96. The zero-order valence-corrected chi connectivity index (χ0v) is 9.24. The van der Waals surface area contributed by atoms with Gasteiger partial charge in [-0.3, -0.25) is 4.79 Å². The summed E-state index contributed by atoms with van der Waals surface area (Å²) in [6.07, 6.45) is 1.96. The van der Waals surface area contributed by atoms with Crippen LogP contribution in [0.2, 0.25) is 0 Å². The van der Waals surface area contributed by atoms with E-state index in [0.717, 1.165) is 5.52 Å². The predicted octanol–water partition coefficient (Wildman–Crippen LogP) is 2.96. The SMILES string of the molecule is Nc1occ(C=O)c1-c1cc2cc(F)ccc2[nH]1. The maximum atomic E-state index is 13.1. The molecular formula is C13H9FN2O2. The number of nitrogens with two attached hydrogens (primary N) is 1. The van der Waals surface area contributed by atoms with Crippen molar-refractivity contribution < 1.29 is 13.6 Å². The van der Waals surface area contributed by atoms with E-state index in [1.54, 1.807) is 12.1 Å². The first kappa shape index (κ1) is 10.6. The van der Waals surface area contributed by atoms with Crippen LogP contribution in [0.1, 0.15) is 10.4 Å². The number of carbonyl (C=O) groups is 1. The van der Waals surface area contributed by atoms with Gasteiger partial charge in [0.15, 0.2) is 12.2 Å². The maximum absolute atomic E-state index is 13.1. The molecule has 0 aliphatic rings. The molecule has 0 spiro atoms. The van der Waals surface area contributed by atoms with Crippen LogP contribution in [0, 0.1) is 5.82 Å². The summed E-state index contributed by atoms with van der Waals surface area (Å²) in [5.41, 5.74) is 7.94. The van der Waals surface area contributed by atoms with Crippen LogP contribution in [0.4, 0.5) is 10.3 Å². The first-order valence-corrected chi connectivity index (χ1v) is 5.30. The molecule has 0 bridgehead atoms. The van der Waals surface area contributed by atoms with Crippen molar-refractivity contribution in [1.82, 2.24) is 4.98 Å². The minimum absolute atomic E-state index is 0.157. The highest BCUT2D eigenvalue weighted by Gasteiger charge is 2.15. The number of nitrogens with one attached hydrogen (secondary N) is 1. The van der Waals surface area contributed by atoms with Crippen LogP contribution < -0.4 is 5.73 Å². The molecular weight excluding hydrogens is 235 g/mol. The van der Waals surface area contributed by atoms with Crippen molar-refractivity contribution in [2.75, 3.05) is 5.73 Å². The topological polar surface area (TPSA) is 72.0 Å². The number of furan rings is 1. The van der Waals surface area contributed by atoms with Crippen molar-refractivity contribution in [2.45, 2.75) is 0 Å². The van der Waals surface area contributed by atoms with Gasteiger partial charge >= 0.3 is 0 Å². The van der Waals surface area contributed by atoms with Gasteiger partial charge in [-0.2, -0.15) is 0 Å². The Hall–Kier alpha value is -2.56. The zero-order chi connectivity index (χ0) is 12.7. The molecule has 4 nitrogen and oxygen atoms in total. The molecule has 18 heavy (non-hydrogen) atoms. The summed E-state index contributed by atoms with van der Waals surface area (Å²) in [5.74, 6) is -0.159. The standard InChI is InChI=1S/C13H9FN2O2/c14-9-1-2-10-7(3-9)4-11(16-10)12-8(5-17)6-18-13(12)15/h1-6,16H,15H2. The number of aromatic nitrogens is 1. The van der Waals surface area contributed by atoms with Gasteiger partial charge in [0.1, 0.15) is 12.1 Å². The molecule has 2 heterocycles. The van der Waals surface area contributed by atoms with Crippen LogP contribution in [-0.4, -0.2) is 11.3 Å². The molecule has 0 unspecified atom stereocenters. The molecule has 3 N–H and O–H groups in total. The lowest BCUT2D eigenvalue weighted by Crippen LogP contribution is -1.88. The summed E-state index contributed by atoms with van der Waals surface area (Å²) in [6.45, 7) is 0. The zero-order valence-electron chi connectivity index (χ0n) is 9.24. The quantitative estimate of drug-likeness (QED) is 0.681. The van der Waals surface area contributed by atoms with E-state index in [-0.39, 0.29) is 11.7 Å². The molecule has 0 fully saturated rings. The number of nitrogen functional groups attached to an aromatic ring is 1. The maximum Gasteiger partial charge on any atom is 0.200 e. The predicted molar refractivity (Wildman–Crippen MR) is 65.8 cm³/mol. The summed E-state index contributed by atoms with van der Waals surface area (Å²) in [4.78, 5) is 14.0. The number of aldehydes is 1. The van der Waals surface area contributed by atoms with E-state index in [1.165, 1.54) is 18.4 Å². The summed E-state index contributed by atoms with van der Waals surface area (Å²) in [7, 11) is 0. The van der Waals surface area contributed by atoms with Crippen molar-refractivity contribution in [2.24, 2.45) is 0 Å². The van der Waals surface area contributed by atoms with Crippen molar-refractivity contribution >= 4 is 23.1 Å². The molecule has 0 aliphatic carbocycles. The van der Waals surface area contributed by atoms with Crippen molar-refractivity contribution in [1.29, 1.82) is 0 Å². The van der Waals surface area contributed by atoms with E-state index >= 15 is 0 Å². The van der Waals surface area contributed by atoms with Gasteiger partial charge in [-0.15, -0.1) is 0 Å². The number of rotatable bonds is 2. The molecule has 90 valence electrons. The van der Waals surface area contributed by atoms with E-state index in [0.29, 0.717) is 28.5 Å². The first-order chi connectivity index (χ1) is 8.69. The summed E-state index contributed by atoms with van der Waals surface area (Å²) in [6, 6.07) is 6.13. The highest BCUT2D eigenvalue weighted by atomic mass is 19.1. The molecule has 3 aromatic rings. The molecule has 2 aromatic heterocycles. The van der Waals surface area contributed by atoms with E-state index in [9.17, 15) is 9.18 Å². The minimum Gasteiger partial charge on any atom is -0.448 e. The highest BCUT2D eigenvalue weighted by Crippen LogP contribution is 2.32. The molecule has 0 saturated heterocycles. The number of aromatic amines is 1. The number of carbonyl (C=O) groups excluding carboxylic acids is 1. The van der Waals surface area contributed by atoms with Crippen LogP contribution in [0.3, 0.4) is 0 Å². The first-order valence-electron chi connectivity index (χ1n) is 5.30. The summed E-state index contributed by atoms with van der Waals surface area (Å²) < 4.78 is 18.1. The van der Waals surface area contributed by atoms with E-state index < -0.39 is 0 Å². The molecule has 0 atom stereocenters. The smallest absolute Gasteiger partial charge is 0.200 e. The molecule has 0 radical (unpaired) electrons. The van der Waals surface area contributed by atoms with Crippen molar-refractivity contribution in [3.8, 4) is 11.3 Å². The van der Waals surface area contributed by atoms with Gasteiger partial charge in [-0.05, 0) is 24.3 Å². The summed E-state index contributed by atoms with van der Waals surface area (Å²) in [5, 5.41) is 0.711. The minimum atomic E-state index is -0.316. The number of benzene rings is 1. The van der Waals surface area contributed by atoms with Gasteiger partial charge in [0.2, 0.25) is 0 Å². The third-order valence-electron chi connectivity index (χ3n) is 2.83. The lowest BCUT2D eigenvalue weighted by atomic mass is 10.1. The Morgan fingerprint density at radius 2 is 2.17 bits per heavy atom. The molecule has 1 aromatic carbocycles. The number of anilines is 1. The molecule has 3 rings (SSSR count). The van der Waals surface area contributed by atoms with Gasteiger partial charge < -0.3 is 15.1 Å². The summed E-state index contributed by atoms with van der Waals surface area (Å²) >= 11 is 0. The normalized spacial score (nSPS) is 10.9. The van der Waals surface area contributed by atoms with Crippen LogP contribution in [0.25, 0.3) is 22.2 Å². The van der Waals surface area contributed by atoms with Crippen LogP contribution in [0.15, 0.2) is 34.9 Å². The second-order valence-corrected chi connectivity index (χ2v) is 3.96. The van der Waals surface area contributed by atoms with Crippen LogP contribution in [-0.2, 0) is 0 Å². The number of fused-ring (bicyclic) bond motifs is 1. The molecule has 0 aliphatic heterocycles. The number of hydrogen-bond donors (Lipinski definition) is 2. The Balaban J connectivity index is 2.25. The van der Waals surface area contributed by atoms with Crippen molar-refractivity contribution in [3.63, 3.8) is 0 Å². The second kappa shape index (κ2) is 3.73. The Labute approximate surface area is 101 Å². The van der Waals surface area contributed by atoms with Gasteiger partial charge in [0, 0.05) is 10.9 Å².